The number of H-pyrrole nitrogens is 1. The van der Waals surface area contributed by atoms with Crippen LogP contribution in [0, 0.1) is 0 Å². The van der Waals surface area contributed by atoms with Gasteiger partial charge in [-0.05, 0) is 18.2 Å². The van der Waals surface area contributed by atoms with E-state index in [0.717, 1.165) is 11.0 Å². The largest absolute Gasteiger partial charge is 0.399 e. The number of nitrogen functional groups attached to an aromatic ring is 1. The van der Waals surface area contributed by atoms with Crippen LogP contribution in [0.15, 0.2) is 18.2 Å². The monoisotopic (exact) mass is 268 g/mol. The molecule has 0 unspecified atom stereocenters. The molecule has 1 heterocycles. The number of hydrogen-bond donors (Lipinski definition) is 3. The van der Waals surface area contributed by atoms with Crippen molar-refractivity contribution < 1.29 is 8.42 Å². The summed E-state index contributed by atoms with van der Waals surface area (Å²) in [7, 11) is -2.95. The molecule has 1 aromatic carbocycles. The number of sulfone groups is 1. The fraction of sp³-hybridized carbons (Fsp3) is 0.364. The molecule has 4 N–H and O–H groups in total. The number of imidazole rings is 1. The fourth-order valence-corrected chi connectivity index (χ4v) is 2.28. The first kappa shape index (κ1) is 12.7. The molecule has 0 saturated carbocycles. The Balaban J connectivity index is 2.04. The van der Waals surface area contributed by atoms with Gasteiger partial charge in [0.25, 0.3) is 0 Å². The lowest BCUT2D eigenvalue weighted by Crippen LogP contribution is -2.17. The summed E-state index contributed by atoms with van der Waals surface area (Å²) in [6.45, 7) is 1.98. The summed E-state index contributed by atoms with van der Waals surface area (Å²) in [4.78, 5) is 7.33. The number of hydrogen-bond acceptors (Lipinski definition) is 5. The van der Waals surface area contributed by atoms with Crippen LogP contribution in [0.25, 0.3) is 11.0 Å². The van der Waals surface area contributed by atoms with E-state index in [1.807, 2.05) is 6.07 Å². The van der Waals surface area contributed by atoms with Crippen molar-refractivity contribution in [3.63, 3.8) is 0 Å². The number of aromatic amines is 1. The summed E-state index contributed by atoms with van der Waals surface area (Å²) in [5.41, 5.74) is 7.95. The minimum Gasteiger partial charge on any atom is -0.399 e. The van der Waals surface area contributed by atoms with Crippen molar-refractivity contribution in [2.45, 2.75) is 6.92 Å². The number of aromatic nitrogens is 2. The lowest BCUT2D eigenvalue weighted by Gasteiger charge is -2.02. The number of anilines is 2. The van der Waals surface area contributed by atoms with E-state index in [4.69, 9.17) is 5.73 Å². The van der Waals surface area contributed by atoms with E-state index in [0.29, 0.717) is 18.2 Å². The van der Waals surface area contributed by atoms with Crippen molar-refractivity contribution in [3.8, 4) is 0 Å². The SMILES string of the molecule is CCS(=O)(=O)CCNc1nc2ccc(N)cc2[nH]1. The molecule has 0 aliphatic carbocycles. The second-order valence-electron chi connectivity index (χ2n) is 4.03. The first-order valence-electron chi connectivity index (χ1n) is 5.70. The van der Waals surface area contributed by atoms with E-state index in [1.54, 1.807) is 19.1 Å². The maximum Gasteiger partial charge on any atom is 0.201 e. The molecule has 0 aliphatic rings. The van der Waals surface area contributed by atoms with Crippen LogP contribution in [0.5, 0.6) is 0 Å². The second-order valence-corrected chi connectivity index (χ2v) is 6.50. The van der Waals surface area contributed by atoms with Crippen LogP contribution in [-0.2, 0) is 9.84 Å². The molecule has 0 amide bonds. The Morgan fingerprint density at radius 3 is 2.94 bits per heavy atom. The second kappa shape index (κ2) is 4.85. The van der Waals surface area contributed by atoms with Crippen LogP contribution in [-0.4, -0.2) is 36.4 Å². The van der Waals surface area contributed by atoms with Crippen molar-refractivity contribution in [2.24, 2.45) is 0 Å². The molecule has 1 aromatic heterocycles. The lowest BCUT2D eigenvalue weighted by molar-refractivity contribution is 0.597. The molecule has 0 radical (unpaired) electrons. The molecular formula is C11H16N4O2S. The van der Waals surface area contributed by atoms with Gasteiger partial charge in [0.05, 0.1) is 16.8 Å². The predicted octanol–water partition coefficient (Wildman–Crippen LogP) is 0.992. The quantitative estimate of drug-likeness (QED) is 0.702. The van der Waals surface area contributed by atoms with Gasteiger partial charge in [-0.1, -0.05) is 6.92 Å². The first-order chi connectivity index (χ1) is 8.50. The molecule has 2 rings (SSSR count). The maximum atomic E-state index is 11.3. The van der Waals surface area contributed by atoms with Crippen LogP contribution >= 0.6 is 0 Å². The van der Waals surface area contributed by atoms with E-state index in [9.17, 15) is 8.42 Å². The van der Waals surface area contributed by atoms with Gasteiger partial charge in [0.15, 0.2) is 9.84 Å². The molecule has 0 fully saturated rings. The Kier molecular flexibility index (Phi) is 3.42. The molecular weight excluding hydrogens is 252 g/mol. The zero-order chi connectivity index (χ0) is 13.2. The van der Waals surface area contributed by atoms with Crippen LogP contribution in [0.3, 0.4) is 0 Å². The molecule has 0 saturated heterocycles. The van der Waals surface area contributed by atoms with E-state index < -0.39 is 9.84 Å². The van der Waals surface area contributed by atoms with Gasteiger partial charge >= 0.3 is 0 Å². The van der Waals surface area contributed by atoms with E-state index in [1.165, 1.54) is 0 Å². The zero-order valence-corrected chi connectivity index (χ0v) is 10.9. The molecule has 0 atom stereocenters. The molecule has 0 bridgehead atoms. The van der Waals surface area contributed by atoms with Gasteiger partial charge in [-0.25, -0.2) is 13.4 Å². The number of nitrogens with one attached hydrogen (secondary N) is 2. The number of nitrogens with zero attached hydrogens (tertiary/aromatic N) is 1. The highest BCUT2D eigenvalue weighted by Gasteiger charge is 2.07. The summed E-state index contributed by atoms with van der Waals surface area (Å²) in [6, 6.07) is 5.37. The average Bonchev–Trinajstić information content (AvgIpc) is 2.70. The van der Waals surface area contributed by atoms with Gasteiger partial charge in [0, 0.05) is 18.0 Å². The topological polar surface area (TPSA) is 101 Å². The highest BCUT2D eigenvalue weighted by molar-refractivity contribution is 7.91. The third kappa shape index (κ3) is 2.92. The van der Waals surface area contributed by atoms with Crippen LogP contribution in [0.1, 0.15) is 6.92 Å². The van der Waals surface area contributed by atoms with Crippen molar-refractivity contribution in [1.82, 2.24) is 9.97 Å². The Labute approximate surface area is 106 Å². The van der Waals surface area contributed by atoms with E-state index >= 15 is 0 Å². The third-order valence-electron chi connectivity index (χ3n) is 2.65. The Morgan fingerprint density at radius 2 is 2.22 bits per heavy atom. The molecule has 0 aliphatic heterocycles. The van der Waals surface area contributed by atoms with E-state index in [2.05, 4.69) is 15.3 Å². The van der Waals surface area contributed by atoms with Gasteiger partial charge in [0.1, 0.15) is 0 Å². The number of rotatable bonds is 5. The zero-order valence-electron chi connectivity index (χ0n) is 10.1. The molecule has 7 heteroatoms. The Morgan fingerprint density at radius 1 is 1.44 bits per heavy atom. The van der Waals surface area contributed by atoms with Gasteiger partial charge < -0.3 is 16.0 Å². The van der Waals surface area contributed by atoms with Gasteiger partial charge in [-0.3, -0.25) is 0 Å². The van der Waals surface area contributed by atoms with Crippen molar-refractivity contribution in [3.05, 3.63) is 18.2 Å². The molecule has 6 nitrogen and oxygen atoms in total. The third-order valence-corrected chi connectivity index (χ3v) is 4.36. The van der Waals surface area contributed by atoms with E-state index in [-0.39, 0.29) is 11.5 Å². The standard InChI is InChI=1S/C11H16N4O2S/c1-2-18(16,17)6-5-13-11-14-9-4-3-8(12)7-10(9)15-11/h3-4,7H,2,5-6,12H2,1H3,(H2,13,14,15). The number of benzene rings is 1. The van der Waals surface area contributed by atoms with Crippen molar-refractivity contribution in [1.29, 1.82) is 0 Å². The highest BCUT2D eigenvalue weighted by Crippen LogP contribution is 2.16. The number of nitrogens with two attached hydrogens (primary N) is 1. The maximum absolute atomic E-state index is 11.3. The smallest absolute Gasteiger partial charge is 0.201 e. The lowest BCUT2D eigenvalue weighted by atomic mass is 10.3. The fourth-order valence-electron chi connectivity index (χ4n) is 1.58. The molecule has 18 heavy (non-hydrogen) atoms. The summed E-state index contributed by atoms with van der Waals surface area (Å²) in [5, 5.41) is 2.96. The van der Waals surface area contributed by atoms with Crippen LogP contribution in [0.4, 0.5) is 11.6 Å². The predicted molar refractivity (Wildman–Crippen MR) is 73.3 cm³/mol. The Hall–Kier alpha value is -1.76. The summed E-state index contributed by atoms with van der Waals surface area (Å²) in [5.74, 6) is 0.815. The van der Waals surface area contributed by atoms with Crippen molar-refractivity contribution in [2.75, 3.05) is 29.1 Å². The Bertz CT molecular complexity index is 648. The summed E-state index contributed by atoms with van der Waals surface area (Å²) >= 11 is 0. The van der Waals surface area contributed by atoms with Crippen molar-refractivity contribution >= 4 is 32.5 Å². The molecule has 98 valence electrons. The average molecular weight is 268 g/mol. The minimum atomic E-state index is -2.95. The molecule has 2 aromatic rings. The van der Waals surface area contributed by atoms with Crippen LogP contribution in [0.2, 0.25) is 0 Å². The van der Waals surface area contributed by atoms with Gasteiger partial charge in [-0.2, -0.15) is 0 Å². The summed E-state index contributed by atoms with van der Waals surface area (Å²) < 4.78 is 22.6. The van der Waals surface area contributed by atoms with Gasteiger partial charge in [-0.15, -0.1) is 0 Å². The first-order valence-corrected chi connectivity index (χ1v) is 7.52. The summed E-state index contributed by atoms with van der Waals surface area (Å²) in [6.07, 6.45) is 0. The highest BCUT2D eigenvalue weighted by atomic mass is 32.2. The normalized spacial score (nSPS) is 11.8. The minimum absolute atomic E-state index is 0.0999. The van der Waals surface area contributed by atoms with Crippen LogP contribution < -0.4 is 11.1 Å². The molecule has 0 spiro atoms. The van der Waals surface area contributed by atoms with Gasteiger partial charge in [0.2, 0.25) is 5.95 Å². The number of fused-ring (bicyclic) bond motifs is 1.